The van der Waals surface area contributed by atoms with Crippen LogP contribution in [0, 0.1) is 6.92 Å². The second kappa shape index (κ2) is 9.02. The number of aryl methyl sites for hydroxylation is 1. The number of aromatic nitrogens is 2. The molecule has 2 aromatic carbocycles. The maximum atomic E-state index is 12.6. The summed E-state index contributed by atoms with van der Waals surface area (Å²) in [5, 5.41) is 6.44. The first-order valence-corrected chi connectivity index (χ1v) is 9.57. The number of hydrogen-bond donors (Lipinski definition) is 2. The van der Waals surface area contributed by atoms with Gasteiger partial charge in [0, 0.05) is 23.4 Å². The minimum Gasteiger partial charge on any atom is -0.406 e. The van der Waals surface area contributed by atoms with Crippen molar-refractivity contribution in [3.63, 3.8) is 0 Å². The van der Waals surface area contributed by atoms with Crippen LogP contribution in [0.3, 0.4) is 0 Å². The van der Waals surface area contributed by atoms with Gasteiger partial charge in [0.2, 0.25) is 5.95 Å². The molecule has 0 saturated carbocycles. The number of ether oxygens (including phenoxy) is 1. The van der Waals surface area contributed by atoms with Crippen LogP contribution in [-0.2, 0) is 0 Å². The van der Waals surface area contributed by atoms with E-state index in [0.29, 0.717) is 23.0 Å². The van der Waals surface area contributed by atoms with Crippen molar-refractivity contribution in [3.05, 3.63) is 60.2 Å². The summed E-state index contributed by atoms with van der Waals surface area (Å²) in [7, 11) is 0. The summed E-state index contributed by atoms with van der Waals surface area (Å²) in [6, 6.07) is 15.3. The van der Waals surface area contributed by atoms with Crippen LogP contribution in [0.5, 0.6) is 5.75 Å². The molecule has 1 aromatic heterocycles. The lowest BCUT2D eigenvalue weighted by Crippen LogP contribution is -2.17. The van der Waals surface area contributed by atoms with Crippen LogP contribution in [0.15, 0.2) is 54.6 Å². The van der Waals surface area contributed by atoms with Crippen LogP contribution in [0.4, 0.5) is 30.6 Å². The molecule has 0 aliphatic carbocycles. The zero-order valence-corrected chi connectivity index (χ0v) is 16.9. The lowest BCUT2D eigenvalue weighted by molar-refractivity contribution is -0.274. The molecule has 5 nitrogen and oxygen atoms in total. The third kappa shape index (κ3) is 6.10. The molecule has 30 heavy (non-hydrogen) atoms. The van der Waals surface area contributed by atoms with Crippen molar-refractivity contribution in [1.82, 2.24) is 9.97 Å². The molecule has 0 fully saturated rings. The standard InChI is InChI=1S/C22H23F3N4O/c1-4-15(3)26-21-28-19(16-6-5-7-18(12-16)30-22(23,24)25)13-20(29-21)27-17-10-8-14(2)9-11-17/h5-13,15H,4H2,1-3H3,(H2,26,27,28,29)/t15-/m0/s1. The van der Waals surface area contributed by atoms with Crippen LogP contribution < -0.4 is 15.4 Å². The highest BCUT2D eigenvalue weighted by Gasteiger charge is 2.31. The van der Waals surface area contributed by atoms with E-state index in [-0.39, 0.29) is 11.8 Å². The van der Waals surface area contributed by atoms with Crippen molar-refractivity contribution in [3.8, 4) is 17.0 Å². The molecule has 0 aliphatic rings. The minimum atomic E-state index is -4.76. The van der Waals surface area contributed by atoms with E-state index in [2.05, 4.69) is 25.3 Å². The van der Waals surface area contributed by atoms with Gasteiger partial charge in [0.15, 0.2) is 0 Å². The van der Waals surface area contributed by atoms with E-state index in [1.165, 1.54) is 18.2 Å². The smallest absolute Gasteiger partial charge is 0.406 e. The van der Waals surface area contributed by atoms with Crippen molar-refractivity contribution in [2.45, 2.75) is 39.6 Å². The largest absolute Gasteiger partial charge is 0.573 e. The molecule has 3 rings (SSSR count). The van der Waals surface area contributed by atoms with E-state index in [4.69, 9.17) is 0 Å². The van der Waals surface area contributed by atoms with E-state index < -0.39 is 6.36 Å². The zero-order valence-electron chi connectivity index (χ0n) is 16.9. The van der Waals surface area contributed by atoms with Crippen LogP contribution in [0.2, 0.25) is 0 Å². The van der Waals surface area contributed by atoms with Crippen LogP contribution in [0.25, 0.3) is 11.3 Å². The van der Waals surface area contributed by atoms with Crippen molar-refractivity contribution in [2.75, 3.05) is 10.6 Å². The van der Waals surface area contributed by atoms with Crippen LogP contribution in [-0.4, -0.2) is 22.4 Å². The predicted molar refractivity (Wildman–Crippen MR) is 112 cm³/mol. The van der Waals surface area contributed by atoms with Gasteiger partial charge in [-0.2, -0.15) is 4.98 Å². The molecule has 0 amide bonds. The Morgan fingerprint density at radius 2 is 1.77 bits per heavy atom. The fraction of sp³-hybridized carbons (Fsp3) is 0.273. The molecule has 2 N–H and O–H groups in total. The molecule has 158 valence electrons. The van der Waals surface area contributed by atoms with Crippen molar-refractivity contribution in [2.24, 2.45) is 0 Å². The van der Waals surface area contributed by atoms with Gasteiger partial charge in [0.1, 0.15) is 11.6 Å². The average molecular weight is 416 g/mol. The number of benzene rings is 2. The molecule has 0 saturated heterocycles. The third-order valence-corrected chi connectivity index (χ3v) is 4.40. The monoisotopic (exact) mass is 416 g/mol. The van der Waals surface area contributed by atoms with Gasteiger partial charge in [0.05, 0.1) is 5.69 Å². The topological polar surface area (TPSA) is 59.1 Å². The van der Waals surface area contributed by atoms with E-state index >= 15 is 0 Å². The Morgan fingerprint density at radius 3 is 2.43 bits per heavy atom. The van der Waals surface area contributed by atoms with Crippen LogP contribution in [0.1, 0.15) is 25.8 Å². The Labute approximate surface area is 173 Å². The van der Waals surface area contributed by atoms with Crippen molar-refractivity contribution >= 4 is 17.5 Å². The summed E-state index contributed by atoms with van der Waals surface area (Å²) in [5.41, 5.74) is 2.93. The van der Waals surface area contributed by atoms with Gasteiger partial charge >= 0.3 is 6.36 Å². The van der Waals surface area contributed by atoms with E-state index in [1.807, 2.05) is 45.0 Å². The molecule has 0 spiro atoms. The summed E-state index contributed by atoms with van der Waals surface area (Å²) in [4.78, 5) is 8.99. The third-order valence-electron chi connectivity index (χ3n) is 4.40. The number of nitrogens with one attached hydrogen (secondary N) is 2. The second-order valence-electron chi connectivity index (χ2n) is 6.98. The summed E-state index contributed by atoms with van der Waals surface area (Å²) in [6.45, 7) is 6.03. The number of rotatable bonds is 7. The SMILES string of the molecule is CC[C@H](C)Nc1nc(Nc2ccc(C)cc2)cc(-c2cccc(OC(F)(F)F)c2)n1. The summed E-state index contributed by atoms with van der Waals surface area (Å²) >= 11 is 0. The van der Waals surface area contributed by atoms with Gasteiger partial charge in [-0.15, -0.1) is 13.2 Å². The Balaban J connectivity index is 1.97. The van der Waals surface area contributed by atoms with Crippen molar-refractivity contribution in [1.29, 1.82) is 0 Å². The molecule has 0 radical (unpaired) electrons. The first-order chi connectivity index (χ1) is 14.2. The summed E-state index contributed by atoms with van der Waals surface area (Å²) in [5.74, 6) is 0.610. The first kappa shape index (κ1) is 21.4. The lowest BCUT2D eigenvalue weighted by atomic mass is 10.1. The van der Waals surface area contributed by atoms with Gasteiger partial charge in [-0.1, -0.05) is 36.8 Å². The van der Waals surface area contributed by atoms with E-state index in [9.17, 15) is 13.2 Å². The van der Waals surface area contributed by atoms with E-state index in [0.717, 1.165) is 17.7 Å². The highest BCUT2D eigenvalue weighted by molar-refractivity contribution is 5.68. The first-order valence-electron chi connectivity index (χ1n) is 9.57. The van der Waals surface area contributed by atoms with Gasteiger partial charge < -0.3 is 15.4 Å². The molecular formula is C22H23F3N4O. The zero-order chi connectivity index (χ0) is 21.7. The van der Waals surface area contributed by atoms with Gasteiger partial charge in [0.25, 0.3) is 0 Å². The highest BCUT2D eigenvalue weighted by Crippen LogP contribution is 2.29. The summed E-state index contributed by atoms with van der Waals surface area (Å²) < 4.78 is 41.8. The Bertz CT molecular complexity index is 990. The highest BCUT2D eigenvalue weighted by atomic mass is 19.4. The fourth-order valence-corrected chi connectivity index (χ4v) is 2.68. The summed E-state index contributed by atoms with van der Waals surface area (Å²) in [6.07, 6.45) is -3.89. The van der Waals surface area contributed by atoms with Crippen molar-refractivity contribution < 1.29 is 17.9 Å². The van der Waals surface area contributed by atoms with Crippen LogP contribution >= 0.6 is 0 Å². The maximum absolute atomic E-state index is 12.6. The Hall–Kier alpha value is -3.29. The van der Waals surface area contributed by atoms with E-state index in [1.54, 1.807) is 12.1 Å². The number of hydrogen-bond acceptors (Lipinski definition) is 5. The Kier molecular flexibility index (Phi) is 6.44. The average Bonchev–Trinajstić information content (AvgIpc) is 2.68. The molecule has 1 heterocycles. The molecule has 3 aromatic rings. The number of anilines is 3. The quantitative estimate of drug-likeness (QED) is 0.473. The number of alkyl halides is 3. The number of halogens is 3. The Morgan fingerprint density at radius 1 is 1.03 bits per heavy atom. The maximum Gasteiger partial charge on any atom is 0.573 e. The minimum absolute atomic E-state index is 0.132. The molecular weight excluding hydrogens is 393 g/mol. The molecule has 0 unspecified atom stereocenters. The van der Waals surface area contributed by atoms with Gasteiger partial charge in [-0.25, -0.2) is 4.98 Å². The second-order valence-corrected chi connectivity index (χ2v) is 6.98. The molecule has 0 bridgehead atoms. The molecule has 0 aliphatic heterocycles. The predicted octanol–water partition coefficient (Wildman–Crippen LogP) is 6.30. The molecule has 1 atom stereocenters. The fourth-order valence-electron chi connectivity index (χ4n) is 2.68. The number of nitrogens with zero attached hydrogens (tertiary/aromatic N) is 2. The normalized spacial score (nSPS) is 12.3. The lowest BCUT2D eigenvalue weighted by Gasteiger charge is -2.15. The van der Waals surface area contributed by atoms with Gasteiger partial charge in [-0.05, 0) is 44.5 Å². The molecule has 8 heteroatoms. The van der Waals surface area contributed by atoms with Gasteiger partial charge in [-0.3, -0.25) is 0 Å².